The average Bonchev–Trinajstić information content (AvgIpc) is 3.16. The van der Waals surface area contributed by atoms with Crippen molar-refractivity contribution < 1.29 is 13.9 Å². The molecule has 3 aromatic rings. The number of carbonyl (C=O) groups excluding carboxylic acids is 1. The van der Waals surface area contributed by atoms with Crippen molar-refractivity contribution in [1.82, 2.24) is 5.32 Å². The lowest BCUT2D eigenvalue weighted by Gasteiger charge is -2.29. The Labute approximate surface area is 151 Å². The SMILES string of the molecule is COc1ccc(C(=O)Nc2cc(N3CCNCC3)c3occc3c2)cc1. The van der Waals surface area contributed by atoms with Crippen LogP contribution < -0.4 is 20.3 Å². The van der Waals surface area contributed by atoms with E-state index in [4.69, 9.17) is 9.15 Å². The molecule has 26 heavy (non-hydrogen) atoms. The van der Waals surface area contributed by atoms with Gasteiger partial charge in [0.2, 0.25) is 0 Å². The zero-order valence-electron chi connectivity index (χ0n) is 14.6. The molecule has 0 radical (unpaired) electrons. The number of hydrogen-bond donors (Lipinski definition) is 2. The highest BCUT2D eigenvalue weighted by molar-refractivity contribution is 6.06. The highest BCUT2D eigenvalue weighted by atomic mass is 16.5. The Kier molecular flexibility index (Phi) is 4.50. The maximum Gasteiger partial charge on any atom is 0.255 e. The number of rotatable bonds is 4. The van der Waals surface area contributed by atoms with E-state index in [0.29, 0.717) is 5.56 Å². The minimum absolute atomic E-state index is 0.151. The van der Waals surface area contributed by atoms with Crippen LogP contribution in [0.3, 0.4) is 0 Å². The van der Waals surface area contributed by atoms with Gasteiger partial charge in [0.1, 0.15) is 5.75 Å². The Hall–Kier alpha value is -2.99. The van der Waals surface area contributed by atoms with E-state index in [1.165, 1.54) is 0 Å². The number of ether oxygens (including phenoxy) is 1. The fourth-order valence-corrected chi connectivity index (χ4v) is 3.22. The van der Waals surface area contributed by atoms with Gasteiger partial charge in [0, 0.05) is 42.8 Å². The number of nitrogens with zero attached hydrogens (tertiary/aromatic N) is 1. The lowest BCUT2D eigenvalue weighted by Crippen LogP contribution is -2.43. The second kappa shape index (κ2) is 7.09. The first-order valence-electron chi connectivity index (χ1n) is 8.67. The average molecular weight is 351 g/mol. The molecule has 2 aromatic carbocycles. The molecule has 4 rings (SSSR count). The summed E-state index contributed by atoms with van der Waals surface area (Å²) in [4.78, 5) is 14.9. The number of piperazine rings is 1. The summed E-state index contributed by atoms with van der Waals surface area (Å²) < 4.78 is 10.8. The molecule has 1 aliphatic heterocycles. The lowest BCUT2D eigenvalue weighted by atomic mass is 10.1. The van der Waals surface area contributed by atoms with Gasteiger partial charge >= 0.3 is 0 Å². The summed E-state index contributed by atoms with van der Waals surface area (Å²) in [5.74, 6) is 0.573. The van der Waals surface area contributed by atoms with Crippen LogP contribution in [0.1, 0.15) is 10.4 Å². The van der Waals surface area contributed by atoms with Crippen LogP contribution in [0.2, 0.25) is 0 Å². The molecule has 6 heteroatoms. The van der Waals surface area contributed by atoms with Crippen LogP contribution in [-0.2, 0) is 0 Å². The molecule has 1 fully saturated rings. The number of amides is 1. The van der Waals surface area contributed by atoms with Gasteiger partial charge in [0.15, 0.2) is 5.58 Å². The number of methoxy groups -OCH3 is 1. The summed E-state index contributed by atoms with van der Waals surface area (Å²) in [5.41, 5.74) is 3.21. The molecule has 0 spiro atoms. The summed E-state index contributed by atoms with van der Waals surface area (Å²) in [5, 5.41) is 7.32. The number of nitrogens with one attached hydrogen (secondary N) is 2. The van der Waals surface area contributed by atoms with Crippen LogP contribution in [0.15, 0.2) is 53.1 Å². The third-order valence-electron chi connectivity index (χ3n) is 4.60. The molecule has 0 atom stereocenters. The van der Waals surface area contributed by atoms with Gasteiger partial charge < -0.3 is 24.7 Å². The van der Waals surface area contributed by atoms with Crippen molar-refractivity contribution in [1.29, 1.82) is 0 Å². The summed E-state index contributed by atoms with van der Waals surface area (Å²) in [6.07, 6.45) is 1.69. The lowest BCUT2D eigenvalue weighted by molar-refractivity contribution is 0.102. The smallest absolute Gasteiger partial charge is 0.255 e. The van der Waals surface area contributed by atoms with E-state index in [9.17, 15) is 4.79 Å². The highest BCUT2D eigenvalue weighted by Crippen LogP contribution is 2.32. The van der Waals surface area contributed by atoms with Crippen LogP contribution in [0, 0.1) is 0 Å². The van der Waals surface area contributed by atoms with Gasteiger partial charge in [-0.2, -0.15) is 0 Å². The Bertz CT molecular complexity index is 912. The van der Waals surface area contributed by atoms with Gasteiger partial charge in [-0.3, -0.25) is 4.79 Å². The van der Waals surface area contributed by atoms with E-state index in [1.54, 1.807) is 37.6 Å². The largest absolute Gasteiger partial charge is 0.497 e. The van der Waals surface area contributed by atoms with Crippen molar-refractivity contribution in [3.05, 3.63) is 54.3 Å². The van der Waals surface area contributed by atoms with Gasteiger partial charge in [-0.05, 0) is 42.5 Å². The number of carbonyl (C=O) groups is 1. The van der Waals surface area contributed by atoms with Crippen LogP contribution in [0.5, 0.6) is 5.75 Å². The third-order valence-corrected chi connectivity index (χ3v) is 4.60. The minimum Gasteiger partial charge on any atom is -0.497 e. The van der Waals surface area contributed by atoms with Crippen molar-refractivity contribution in [3.8, 4) is 5.75 Å². The number of anilines is 2. The van der Waals surface area contributed by atoms with Gasteiger partial charge in [0.05, 0.1) is 19.1 Å². The van der Waals surface area contributed by atoms with Crippen LogP contribution >= 0.6 is 0 Å². The Balaban J connectivity index is 1.62. The molecule has 0 unspecified atom stereocenters. The van der Waals surface area contributed by atoms with E-state index >= 15 is 0 Å². The van der Waals surface area contributed by atoms with Crippen molar-refractivity contribution in [2.45, 2.75) is 0 Å². The van der Waals surface area contributed by atoms with Gasteiger partial charge in [-0.1, -0.05) is 0 Å². The van der Waals surface area contributed by atoms with Gasteiger partial charge in [0.25, 0.3) is 5.91 Å². The van der Waals surface area contributed by atoms with Crippen molar-refractivity contribution in [2.24, 2.45) is 0 Å². The molecule has 1 saturated heterocycles. The standard InChI is InChI=1S/C20H21N3O3/c1-25-17-4-2-14(3-5-17)20(24)22-16-12-15-6-11-26-19(15)18(13-16)23-9-7-21-8-10-23/h2-6,11-13,21H,7-10H2,1H3,(H,22,24). The molecular formula is C20H21N3O3. The molecule has 0 bridgehead atoms. The first kappa shape index (κ1) is 16.5. The number of fused-ring (bicyclic) bond motifs is 1. The minimum atomic E-state index is -0.151. The van der Waals surface area contributed by atoms with E-state index in [2.05, 4.69) is 15.5 Å². The zero-order chi connectivity index (χ0) is 17.9. The molecule has 134 valence electrons. The normalized spacial score (nSPS) is 14.4. The summed E-state index contributed by atoms with van der Waals surface area (Å²) in [6, 6.07) is 12.9. The van der Waals surface area contributed by atoms with Crippen LogP contribution in [-0.4, -0.2) is 39.2 Å². The molecule has 2 N–H and O–H groups in total. The van der Waals surface area contributed by atoms with Gasteiger partial charge in [-0.15, -0.1) is 0 Å². The molecule has 1 aliphatic rings. The maximum absolute atomic E-state index is 12.6. The highest BCUT2D eigenvalue weighted by Gasteiger charge is 2.17. The summed E-state index contributed by atoms with van der Waals surface area (Å²) in [7, 11) is 1.60. The van der Waals surface area contributed by atoms with Crippen molar-refractivity contribution in [3.63, 3.8) is 0 Å². The summed E-state index contributed by atoms with van der Waals surface area (Å²) >= 11 is 0. The second-order valence-corrected chi connectivity index (χ2v) is 6.25. The fourth-order valence-electron chi connectivity index (χ4n) is 3.22. The number of hydrogen-bond acceptors (Lipinski definition) is 5. The predicted octanol–water partition coefficient (Wildman–Crippen LogP) is 3.10. The summed E-state index contributed by atoms with van der Waals surface area (Å²) in [6.45, 7) is 3.69. The van der Waals surface area contributed by atoms with Crippen LogP contribution in [0.4, 0.5) is 11.4 Å². The molecule has 0 saturated carbocycles. The molecule has 2 heterocycles. The third kappa shape index (κ3) is 3.23. The zero-order valence-corrected chi connectivity index (χ0v) is 14.6. The van der Waals surface area contributed by atoms with Gasteiger partial charge in [-0.25, -0.2) is 0 Å². The maximum atomic E-state index is 12.6. The fraction of sp³-hybridized carbons (Fsp3) is 0.250. The van der Waals surface area contributed by atoms with Crippen LogP contribution in [0.25, 0.3) is 11.0 Å². The van der Waals surface area contributed by atoms with Crippen molar-refractivity contribution in [2.75, 3.05) is 43.5 Å². The number of benzene rings is 2. The van der Waals surface area contributed by atoms with E-state index in [0.717, 1.165) is 54.3 Å². The molecular weight excluding hydrogens is 330 g/mol. The molecule has 0 aliphatic carbocycles. The molecule has 1 aromatic heterocycles. The van der Waals surface area contributed by atoms with E-state index < -0.39 is 0 Å². The molecule has 6 nitrogen and oxygen atoms in total. The monoisotopic (exact) mass is 351 g/mol. The van der Waals surface area contributed by atoms with E-state index in [1.807, 2.05) is 18.2 Å². The second-order valence-electron chi connectivity index (χ2n) is 6.25. The first-order valence-corrected chi connectivity index (χ1v) is 8.67. The van der Waals surface area contributed by atoms with E-state index in [-0.39, 0.29) is 5.91 Å². The number of furan rings is 1. The molecule has 1 amide bonds. The predicted molar refractivity (Wildman–Crippen MR) is 102 cm³/mol. The first-order chi connectivity index (χ1) is 12.7. The van der Waals surface area contributed by atoms with Crippen molar-refractivity contribution >= 4 is 28.3 Å². The Morgan fingerprint density at radius 2 is 1.92 bits per heavy atom. The Morgan fingerprint density at radius 1 is 1.15 bits per heavy atom. The quantitative estimate of drug-likeness (QED) is 0.756. The Morgan fingerprint density at radius 3 is 2.65 bits per heavy atom. The topological polar surface area (TPSA) is 66.7 Å².